The van der Waals surface area contributed by atoms with E-state index in [9.17, 15) is 9.18 Å². The number of hydrogen-bond acceptors (Lipinski definition) is 3. The molecule has 0 saturated heterocycles. The van der Waals surface area contributed by atoms with E-state index in [1.807, 2.05) is 38.9 Å². The summed E-state index contributed by atoms with van der Waals surface area (Å²) in [5.74, 6) is -0.436. The average Bonchev–Trinajstić information content (AvgIpc) is 2.48. The highest BCUT2D eigenvalue weighted by Crippen LogP contribution is 2.19. The average molecular weight is 315 g/mol. The van der Waals surface area contributed by atoms with Crippen LogP contribution >= 0.6 is 0 Å². The van der Waals surface area contributed by atoms with Crippen molar-refractivity contribution < 1.29 is 9.18 Å². The third kappa shape index (κ3) is 4.36. The summed E-state index contributed by atoms with van der Waals surface area (Å²) in [5.41, 5.74) is 3.80. The lowest BCUT2D eigenvalue weighted by atomic mass is 10.0. The highest BCUT2D eigenvalue weighted by atomic mass is 19.1. The van der Waals surface area contributed by atoms with Crippen molar-refractivity contribution in [2.75, 3.05) is 14.1 Å². The van der Waals surface area contributed by atoms with Gasteiger partial charge in [0.2, 0.25) is 5.91 Å². The molecule has 1 atom stereocenters. The number of rotatable bonds is 5. The molecule has 122 valence electrons. The molecule has 0 aliphatic carbocycles. The number of halogens is 1. The molecular weight excluding hydrogens is 293 g/mol. The van der Waals surface area contributed by atoms with Gasteiger partial charge < -0.3 is 5.32 Å². The molecule has 23 heavy (non-hydrogen) atoms. The lowest BCUT2D eigenvalue weighted by Gasteiger charge is -2.24. The number of benzene rings is 1. The molecule has 0 radical (unpaired) electrons. The van der Waals surface area contributed by atoms with Crippen molar-refractivity contribution in [3.05, 3.63) is 64.7 Å². The topological polar surface area (TPSA) is 45.2 Å². The quantitative estimate of drug-likeness (QED) is 0.923. The van der Waals surface area contributed by atoms with Crippen LogP contribution in [0.3, 0.4) is 0 Å². The highest BCUT2D eigenvalue weighted by Gasteiger charge is 2.22. The van der Waals surface area contributed by atoms with Gasteiger partial charge in [-0.3, -0.25) is 14.7 Å². The van der Waals surface area contributed by atoms with Gasteiger partial charge in [-0.1, -0.05) is 12.1 Å². The van der Waals surface area contributed by atoms with Gasteiger partial charge in [-0.15, -0.1) is 0 Å². The van der Waals surface area contributed by atoms with E-state index >= 15 is 0 Å². The Morgan fingerprint density at radius 1 is 1.26 bits per heavy atom. The molecular formula is C18H22FN3O. The molecule has 1 heterocycles. The Labute approximate surface area is 136 Å². The largest absolute Gasteiger partial charge is 0.350 e. The Balaban J connectivity index is 2.11. The van der Waals surface area contributed by atoms with Crippen LogP contribution in [0.2, 0.25) is 0 Å². The van der Waals surface area contributed by atoms with Crippen LogP contribution in [0.25, 0.3) is 0 Å². The molecule has 2 rings (SSSR count). The van der Waals surface area contributed by atoms with E-state index in [0.717, 1.165) is 22.4 Å². The van der Waals surface area contributed by atoms with E-state index in [2.05, 4.69) is 10.3 Å². The molecule has 0 unspecified atom stereocenters. The van der Waals surface area contributed by atoms with Gasteiger partial charge in [-0.2, -0.15) is 0 Å². The molecule has 0 aliphatic rings. The SMILES string of the molecule is Cc1cc(C)c(CNC(=O)[C@H](c2ccc(F)cc2)N(C)C)cn1. The summed E-state index contributed by atoms with van der Waals surface area (Å²) in [7, 11) is 3.65. The minimum Gasteiger partial charge on any atom is -0.350 e. The summed E-state index contributed by atoms with van der Waals surface area (Å²) in [6.45, 7) is 4.36. The second-order valence-corrected chi connectivity index (χ2v) is 5.89. The monoisotopic (exact) mass is 315 g/mol. The van der Waals surface area contributed by atoms with Crippen molar-refractivity contribution in [1.82, 2.24) is 15.2 Å². The molecule has 0 saturated carbocycles. The third-order valence-corrected chi connectivity index (χ3v) is 3.76. The molecule has 1 N–H and O–H groups in total. The first-order chi connectivity index (χ1) is 10.9. The number of carbonyl (C=O) groups is 1. The van der Waals surface area contributed by atoms with Gasteiger partial charge in [0.15, 0.2) is 0 Å². The maximum absolute atomic E-state index is 13.1. The number of aromatic nitrogens is 1. The van der Waals surface area contributed by atoms with Crippen LogP contribution in [0.4, 0.5) is 4.39 Å². The Kier molecular flexibility index (Phi) is 5.45. The molecule has 1 amide bonds. The lowest BCUT2D eigenvalue weighted by molar-refractivity contribution is -0.125. The first-order valence-electron chi connectivity index (χ1n) is 7.50. The second-order valence-electron chi connectivity index (χ2n) is 5.89. The van der Waals surface area contributed by atoms with Crippen molar-refractivity contribution in [2.45, 2.75) is 26.4 Å². The second kappa shape index (κ2) is 7.33. The summed E-state index contributed by atoms with van der Waals surface area (Å²) in [5, 5.41) is 2.94. The molecule has 4 nitrogen and oxygen atoms in total. The van der Waals surface area contributed by atoms with Gasteiger partial charge in [0.25, 0.3) is 0 Å². The third-order valence-electron chi connectivity index (χ3n) is 3.76. The van der Waals surface area contributed by atoms with Gasteiger partial charge in [0.1, 0.15) is 11.9 Å². The minimum absolute atomic E-state index is 0.124. The van der Waals surface area contributed by atoms with Crippen molar-refractivity contribution in [2.24, 2.45) is 0 Å². The maximum Gasteiger partial charge on any atom is 0.242 e. The normalized spacial score (nSPS) is 12.3. The summed E-state index contributed by atoms with van der Waals surface area (Å²) in [4.78, 5) is 18.6. The minimum atomic E-state index is -0.464. The number of pyridine rings is 1. The van der Waals surface area contributed by atoms with E-state index < -0.39 is 6.04 Å². The Morgan fingerprint density at radius 2 is 1.91 bits per heavy atom. The number of aryl methyl sites for hydroxylation is 2. The maximum atomic E-state index is 13.1. The van der Waals surface area contributed by atoms with Crippen molar-refractivity contribution >= 4 is 5.91 Å². The fourth-order valence-corrected chi connectivity index (χ4v) is 2.52. The first kappa shape index (κ1) is 17.1. The Bertz CT molecular complexity index is 683. The smallest absolute Gasteiger partial charge is 0.242 e. The summed E-state index contributed by atoms with van der Waals surface area (Å²) < 4.78 is 13.1. The summed E-state index contributed by atoms with van der Waals surface area (Å²) in [6.07, 6.45) is 1.79. The van der Waals surface area contributed by atoms with E-state index in [1.54, 1.807) is 18.3 Å². The van der Waals surface area contributed by atoms with Gasteiger partial charge in [-0.05, 0) is 62.8 Å². The van der Waals surface area contributed by atoms with Crippen molar-refractivity contribution in [1.29, 1.82) is 0 Å². The predicted octanol–water partition coefficient (Wildman–Crippen LogP) is 2.76. The number of likely N-dealkylation sites (N-methyl/N-ethyl adjacent to an activating group) is 1. The van der Waals surface area contributed by atoms with E-state index in [0.29, 0.717) is 6.54 Å². The van der Waals surface area contributed by atoms with Crippen LogP contribution in [0.1, 0.15) is 28.4 Å². The van der Waals surface area contributed by atoms with Gasteiger partial charge in [0.05, 0.1) is 0 Å². The van der Waals surface area contributed by atoms with Crippen LogP contribution in [-0.2, 0) is 11.3 Å². The lowest BCUT2D eigenvalue weighted by Crippen LogP contribution is -2.36. The molecule has 0 bridgehead atoms. The number of carbonyl (C=O) groups excluding carboxylic acids is 1. The van der Waals surface area contributed by atoms with Crippen LogP contribution in [-0.4, -0.2) is 29.9 Å². The van der Waals surface area contributed by atoms with E-state index in [1.165, 1.54) is 12.1 Å². The predicted molar refractivity (Wildman–Crippen MR) is 88.4 cm³/mol. The van der Waals surface area contributed by atoms with E-state index in [4.69, 9.17) is 0 Å². The fraction of sp³-hybridized carbons (Fsp3) is 0.333. The molecule has 5 heteroatoms. The zero-order valence-corrected chi connectivity index (χ0v) is 13.9. The molecule has 0 aliphatic heterocycles. The number of amides is 1. The Morgan fingerprint density at radius 3 is 2.48 bits per heavy atom. The molecule has 2 aromatic rings. The highest BCUT2D eigenvalue weighted by molar-refractivity contribution is 5.83. The fourth-order valence-electron chi connectivity index (χ4n) is 2.52. The molecule has 1 aromatic carbocycles. The van der Waals surface area contributed by atoms with Crippen LogP contribution in [0.15, 0.2) is 36.5 Å². The van der Waals surface area contributed by atoms with Gasteiger partial charge in [-0.25, -0.2) is 4.39 Å². The standard InChI is InChI=1S/C18H22FN3O/c1-12-9-13(2)20-10-15(12)11-21-18(23)17(22(3)4)14-5-7-16(19)8-6-14/h5-10,17H,11H2,1-4H3,(H,21,23)/t17-/m0/s1. The van der Waals surface area contributed by atoms with Crippen LogP contribution in [0, 0.1) is 19.7 Å². The zero-order valence-electron chi connectivity index (χ0n) is 13.9. The summed E-state index contributed by atoms with van der Waals surface area (Å²) >= 11 is 0. The van der Waals surface area contributed by atoms with Crippen molar-refractivity contribution in [3.63, 3.8) is 0 Å². The van der Waals surface area contributed by atoms with Crippen LogP contribution in [0.5, 0.6) is 0 Å². The van der Waals surface area contributed by atoms with Crippen LogP contribution < -0.4 is 5.32 Å². The molecule has 1 aromatic heterocycles. The number of nitrogens with one attached hydrogen (secondary N) is 1. The first-order valence-corrected chi connectivity index (χ1v) is 7.50. The zero-order chi connectivity index (χ0) is 17.0. The molecule has 0 spiro atoms. The number of nitrogens with zero attached hydrogens (tertiary/aromatic N) is 2. The van der Waals surface area contributed by atoms with Gasteiger partial charge in [0, 0.05) is 18.4 Å². The molecule has 0 fully saturated rings. The van der Waals surface area contributed by atoms with E-state index in [-0.39, 0.29) is 11.7 Å². The number of hydrogen-bond donors (Lipinski definition) is 1. The Hall–Kier alpha value is -2.27. The summed E-state index contributed by atoms with van der Waals surface area (Å²) in [6, 6.07) is 7.54. The van der Waals surface area contributed by atoms with Gasteiger partial charge >= 0.3 is 0 Å². The van der Waals surface area contributed by atoms with Crippen molar-refractivity contribution in [3.8, 4) is 0 Å².